The minimum absolute atomic E-state index is 0.103. The zero-order valence-corrected chi connectivity index (χ0v) is 12.7. The Labute approximate surface area is 116 Å². The van der Waals surface area contributed by atoms with Crippen molar-refractivity contribution in [1.29, 1.82) is 0 Å². The molecule has 2 aromatic rings. The van der Waals surface area contributed by atoms with Gasteiger partial charge in [-0.3, -0.25) is 4.98 Å². The van der Waals surface area contributed by atoms with Crippen LogP contribution in [0.15, 0.2) is 18.2 Å². The summed E-state index contributed by atoms with van der Waals surface area (Å²) in [6.07, 6.45) is 0.924. The van der Waals surface area contributed by atoms with Gasteiger partial charge in [0.15, 0.2) is 0 Å². The lowest BCUT2D eigenvalue weighted by Crippen LogP contribution is -2.26. The Morgan fingerprint density at radius 1 is 1.05 bits per heavy atom. The molecule has 102 valence electrons. The maximum Gasteiger partial charge on any atom is 0.0737 e. The number of rotatable bonds is 3. The molecule has 0 unspecified atom stereocenters. The fourth-order valence-corrected chi connectivity index (χ4v) is 2.57. The van der Waals surface area contributed by atoms with Crippen LogP contribution >= 0.6 is 0 Å². The van der Waals surface area contributed by atoms with E-state index in [1.165, 1.54) is 22.1 Å². The molecule has 2 nitrogen and oxygen atoms in total. The normalized spacial score (nSPS) is 12.1. The van der Waals surface area contributed by atoms with Gasteiger partial charge in [0.1, 0.15) is 0 Å². The Hall–Kier alpha value is -1.41. The van der Waals surface area contributed by atoms with E-state index >= 15 is 0 Å². The van der Waals surface area contributed by atoms with Crippen molar-refractivity contribution in [1.82, 2.24) is 4.98 Å². The number of aromatic nitrogens is 1. The Kier molecular flexibility index (Phi) is 3.64. The Morgan fingerprint density at radius 2 is 1.74 bits per heavy atom. The molecule has 0 bridgehead atoms. The number of hydrogen-bond acceptors (Lipinski definition) is 2. The third kappa shape index (κ3) is 2.95. The monoisotopic (exact) mass is 256 g/mol. The van der Waals surface area contributed by atoms with E-state index in [-0.39, 0.29) is 5.41 Å². The van der Waals surface area contributed by atoms with Crippen molar-refractivity contribution in [2.45, 2.75) is 41.0 Å². The molecule has 1 aromatic carbocycles. The van der Waals surface area contributed by atoms with Gasteiger partial charge in [0.05, 0.1) is 5.52 Å². The summed E-state index contributed by atoms with van der Waals surface area (Å²) in [6, 6.07) is 6.63. The van der Waals surface area contributed by atoms with Crippen LogP contribution < -0.4 is 5.73 Å². The fourth-order valence-electron chi connectivity index (χ4n) is 2.57. The number of aryl methyl sites for hydroxylation is 3. The average molecular weight is 256 g/mol. The summed E-state index contributed by atoms with van der Waals surface area (Å²) in [6.45, 7) is 11.5. The average Bonchev–Trinajstić information content (AvgIpc) is 2.30. The lowest BCUT2D eigenvalue weighted by Gasteiger charge is -2.22. The molecule has 0 radical (unpaired) electrons. The maximum atomic E-state index is 5.83. The highest BCUT2D eigenvalue weighted by atomic mass is 14.7. The second-order valence-corrected chi connectivity index (χ2v) is 6.45. The molecule has 0 aliphatic carbocycles. The zero-order valence-electron chi connectivity index (χ0n) is 12.7. The molecule has 0 saturated heterocycles. The van der Waals surface area contributed by atoms with Gasteiger partial charge in [-0.25, -0.2) is 0 Å². The number of fused-ring (bicyclic) bond motifs is 1. The summed E-state index contributed by atoms with van der Waals surface area (Å²) >= 11 is 0. The third-order valence-corrected chi connectivity index (χ3v) is 3.72. The summed E-state index contributed by atoms with van der Waals surface area (Å²) < 4.78 is 0. The van der Waals surface area contributed by atoms with Crippen LogP contribution in [0.3, 0.4) is 0 Å². The van der Waals surface area contributed by atoms with Crippen molar-refractivity contribution in [3.05, 3.63) is 40.6 Å². The van der Waals surface area contributed by atoms with Crippen molar-refractivity contribution in [3.63, 3.8) is 0 Å². The molecule has 0 spiro atoms. The summed E-state index contributed by atoms with van der Waals surface area (Å²) in [5.74, 6) is 0. The van der Waals surface area contributed by atoms with Crippen molar-refractivity contribution in [2.75, 3.05) is 6.54 Å². The first-order valence-electron chi connectivity index (χ1n) is 6.90. The van der Waals surface area contributed by atoms with Gasteiger partial charge >= 0.3 is 0 Å². The van der Waals surface area contributed by atoms with Gasteiger partial charge in [0.2, 0.25) is 0 Å². The molecule has 2 N–H and O–H groups in total. The van der Waals surface area contributed by atoms with Gasteiger partial charge in [-0.1, -0.05) is 25.5 Å². The van der Waals surface area contributed by atoms with E-state index in [1.807, 2.05) is 0 Å². The molecule has 2 rings (SSSR count). The van der Waals surface area contributed by atoms with E-state index < -0.39 is 0 Å². The summed E-state index contributed by atoms with van der Waals surface area (Å²) in [5.41, 5.74) is 12.1. The highest BCUT2D eigenvalue weighted by molar-refractivity contribution is 5.85. The molecule has 2 heteroatoms. The van der Waals surface area contributed by atoms with Crippen LogP contribution in [-0.4, -0.2) is 11.5 Å². The molecule has 0 fully saturated rings. The Bertz CT molecular complexity index is 612. The smallest absolute Gasteiger partial charge is 0.0737 e. The fraction of sp³-hybridized carbons (Fsp3) is 0.471. The van der Waals surface area contributed by atoms with Gasteiger partial charge in [-0.15, -0.1) is 0 Å². The molecule has 0 aliphatic rings. The van der Waals surface area contributed by atoms with Crippen molar-refractivity contribution in [3.8, 4) is 0 Å². The minimum Gasteiger partial charge on any atom is -0.330 e. The minimum atomic E-state index is 0.103. The van der Waals surface area contributed by atoms with E-state index in [1.54, 1.807) is 0 Å². The topological polar surface area (TPSA) is 38.9 Å². The van der Waals surface area contributed by atoms with E-state index in [4.69, 9.17) is 10.7 Å². The maximum absolute atomic E-state index is 5.83. The highest BCUT2D eigenvalue weighted by Crippen LogP contribution is 2.26. The SMILES string of the molecule is Cc1cc(C)c2nc(CC(C)(C)CN)cc(C)c2c1. The molecule has 0 amide bonds. The molecule has 0 saturated carbocycles. The Morgan fingerprint density at radius 3 is 2.37 bits per heavy atom. The molecular formula is C17H24N2. The van der Waals surface area contributed by atoms with Crippen molar-refractivity contribution >= 4 is 10.9 Å². The van der Waals surface area contributed by atoms with Crippen molar-refractivity contribution < 1.29 is 0 Å². The van der Waals surface area contributed by atoms with Crippen LogP contribution in [0.4, 0.5) is 0 Å². The first-order valence-corrected chi connectivity index (χ1v) is 6.90. The van der Waals surface area contributed by atoms with Crippen LogP contribution in [0.2, 0.25) is 0 Å². The number of hydrogen-bond donors (Lipinski definition) is 1. The summed E-state index contributed by atoms with van der Waals surface area (Å²) in [4.78, 5) is 4.85. The zero-order chi connectivity index (χ0) is 14.2. The lowest BCUT2D eigenvalue weighted by molar-refractivity contribution is 0.373. The first-order chi connectivity index (χ1) is 8.82. The van der Waals surface area contributed by atoms with E-state index in [0.29, 0.717) is 6.54 Å². The number of pyridine rings is 1. The summed E-state index contributed by atoms with van der Waals surface area (Å²) in [7, 11) is 0. The van der Waals surface area contributed by atoms with Crippen LogP contribution in [0.25, 0.3) is 10.9 Å². The van der Waals surface area contributed by atoms with E-state index in [0.717, 1.165) is 17.6 Å². The highest BCUT2D eigenvalue weighted by Gasteiger charge is 2.18. The molecule has 1 heterocycles. The molecule has 0 aliphatic heterocycles. The predicted octanol–water partition coefficient (Wildman–Crippen LogP) is 3.69. The second kappa shape index (κ2) is 4.93. The second-order valence-electron chi connectivity index (χ2n) is 6.45. The van der Waals surface area contributed by atoms with Gasteiger partial charge < -0.3 is 5.73 Å². The molecule has 0 atom stereocenters. The van der Waals surface area contributed by atoms with Crippen LogP contribution in [0, 0.1) is 26.2 Å². The lowest BCUT2D eigenvalue weighted by atomic mass is 9.87. The number of nitrogens with two attached hydrogens (primary N) is 1. The largest absolute Gasteiger partial charge is 0.330 e. The number of benzene rings is 1. The molecule has 19 heavy (non-hydrogen) atoms. The molecular weight excluding hydrogens is 232 g/mol. The van der Waals surface area contributed by atoms with Crippen molar-refractivity contribution in [2.24, 2.45) is 11.1 Å². The van der Waals surface area contributed by atoms with Gasteiger partial charge in [-0.05, 0) is 62.4 Å². The first kappa shape index (κ1) is 14.0. The van der Waals surface area contributed by atoms with Crippen LogP contribution in [0.1, 0.15) is 36.2 Å². The van der Waals surface area contributed by atoms with E-state index in [9.17, 15) is 0 Å². The van der Waals surface area contributed by atoms with Crippen LogP contribution in [0.5, 0.6) is 0 Å². The standard InChI is InChI=1S/C17H24N2/c1-11-6-13(3)16-15(7-11)12(2)8-14(19-16)9-17(4,5)10-18/h6-8H,9-10,18H2,1-5H3. The van der Waals surface area contributed by atoms with Gasteiger partial charge in [0, 0.05) is 11.1 Å². The third-order valence-electron chi connectivity index (χ3n) is 3.72. The van der Waals surface area contributed by atoms with Gasteiger partial charge in [-0.2, -0.15) is 0 Å². The Balaban J connectivity index is 2.56. The van der Waals surface area contributed by atoms with E-state index in [2.05, 4.69) is 52.8 Å². The van der Waals surface area contributed by atoms with Crippen LogP contribution in [-0.2, 0) is 6.42 Å². The number of nitrogens with zero attached hydrogens (tertiary/aromatic N) is 1. The quantitative estimate of drug-likeness (QED) is 0.909. The predicted molar refractivity (Wildman–Crippen MR) is 82.5 cm³/mol. The summed E-state index contributed by atoms with van der Waals surface area (Å²) in [5, 5.41) is 1.27. The molecule has 1 aromatic heterocycles. The van der Waals surface area contributed by atoms with Gasteiger partial charge in [0.25, 0.3) is 0 Å².